The smallest absolute Gasteiger partial charge is 0.338 e. The monoisotopic (exact) mass is 307 g/mol. The van der Waals surface area contributed by atoms with E-state index in [2.05, 4.69) is 10.1 Å². The molecule has 0 saturated carbocycles. The van der Waals surface area contributed by atoms with Crippen LogP contribution >= 0.6 is 0 Å². The average molecular weight is 307 g/mol. The van der Waals surface area contributed by atoms with Crippen LogP contribution in [0.1, 0.15) is 24.2 Å². The molecule has 0 fully saturated rings. The van der Waals surface area contributed by atoms with Crippen LogP contribution in [-0.4, -0.2) is 36.2 Å². The number of anilines is 1. The molecule has 2 N–H and O–H groups in total. The minimum Gasteiger partial charge on any atom is -0.506 e. The maximum absolute atomic E-state index is 11.6. The molecule has 7 heteroatoms. The molecule has 0 heterocycles. The zero-order valence-corrected chi connectivity index (χ0v) is 12.3. The Labute approximate surface area is 127 Å². The molecule has 7 nitrogen and oxygen atoms in total. The van der Waals surface area contributed by atoms with E-state index in [-0.39, 0.29) is 30.2 Å². The predicted octanol–water partition coefficient (Wildman–Crippen LogP) is 1.63. The molecule has 0 radical (unpaired) electrons. The molecule has 0 saturated heterocycles. The highest BCUT2D eigenvalue weighted by Crippen LogP contribution is 2.24. The number of esters is 2. The highest BCUT2D eigenvalue weighted by molar-refractivity contribution is 6.04. The van der Waals surface area contributed by atoms with Crippen molar-refractivity contribution < 1.29 is 29.0 Å². The van der Waals surface area contributed by atoms with Gasteiger partial charge in [0.2, 0.25) is 5.91 Å². The second-order valence-electron chi connectivity index (χ2n) is 4.03. The Morgan fingerprint density at radius 2 is 1.82 bits per heavy atom. The lowest BCUT2D eigenvalue weighted by molar-refractivity contribution is -0.137. The molecule has 0 unspecified atom stereocenters. The number of hydrogen-bond donors (Lipinski definition) is 2. The van der Waals surface area contributed by atoms with E-state index < -0.39 is 17.8 Å². The van der Waals surface area contributed by atoms with E-state index in [1.54, 1.807) is 13.8 Å². The fourth-order valence-electron chi connectivity index (χ4n) is 1.49. The lowest BCUT2D eigenvalue weighted by Gasteiger charge is -2.08. The van der Waals surface area contributed by atoms with Gasteiger partial charge in [0.05, 0.1) is 24.5 Å². The van der Waals surface area contributed by atoms with Crippen LogP contribution < -0.4 is 5.32 Å². The van der Waals surface area contributed by atoms with E-state index in [1.165, 1.54) is 18.2 Å². The summed E-state index contributed by atoms with van der Waals surface area (Å²) in [4.78, 5) is 34.3. The molecular weight excluding hydrogens is 290 g/mol. The molecule has 118 valence electrons. The van der Waals surface area contributed by atoms with E-state index in [0.29, 0.717) is 0 Å². The Balaban J connectivity index is 2.80. The first-order chi connectivity index (χ1) is 10.5. The minimum absolute atomic E-state index is 0.0315. The fraction of sp³-hybridized carbons (Fsp3) is 0.267. The van der Waals surface area contributed by atoms with Gasteiger partial charge in [0.15, 0.2) is 0 Å². The van der Waals surface area contributed by atoms with Crippen molar-refractivity contribution in [3.63, 3.8) is 0 Å². The Bertz CT molecular complexity index is 594. The van der Waals surface area contributed by atoms with Crippen LogP contribution in [0, 0.1) is 0 Å². The Morgan fingerprint density at radius 3 is 2.45 bits per heavy atom. The first-order valence-corrected chi connectivity index (χ1v) is 6.63. The summed E-state index contributed by atoms with van der Waals surface area (Å²) in [6, 6.07) is 3.91. The Hall–Kier alpha value is -2.83. The molecule has 0 aliphatic rings. The summed E-state index contributed by atoms with van der Waals surface area (Å²) >= 11 is 0. The quantitative estimate of drug-likeness (QED) is 0.470. The molecule has 1 aromatic rings. The molecule has 0 spiro atoms. The number of hydrogen-bond acceptors (Lipinski definition) is 6. The highest BCUT2D eigenvalue weighted by atomic mass is 16.5. The van der Waals surface area contributed by atoms with Crippen LogP contribution in [0.15, 0.2) is 30.4 Å². The van der Waals surface area contributed by atoms with Crippen LogP contribution in [0.2, 0.25) is 0 Å². The lowest BCUT2D eigenvalue weighted by atomic mass is 10.2. The van der Waals surface area contributed by atoms with Gasteiger partial charge in [-0.2, -0.15) is 0 Å². The molecule has 1 rings (SSSR count). The highest BCUT2D eigenvalue weighted by Gasteiger charge is 2.11. The van der Waals surface area contributed by atoms with Crippen molar-refractivity contribution in [1.29, 1.82) is 0 Å². The Kier molecular flexibility index (Phi) is 6.62. The molecule has 1 amide bonds. The van der Waals surface area contributed by atoms with Crippen molar-refractivity contribution >= 4 is 23.5 Å². The average Bonchev–Trinajstić information content (AvgIpc) is 2.48. The van der Waals surface area contributed by atoms with Crippen LogP contribution in [0.3, 0.4) is 0 Å². The molecule has 0 atom stereocenters. The third kappa shape index (κ3) is 5.28. The number of carbonyl (C=O) groups is 3. The van der Waals surface area contributed by atoms with E-state index in [9.17, 15) is 19.5 Å². The summed E-state index contributed by atoms with van der Waals surface area (Å²) in [5, 5.41) is 12.0. The number of ether oxygens (including phenoxy) is 2. The number of benzene rings is 1. The van der Waals surface area contributed by atoms with Crippen molar-refractivity contribution in [3.8, 4) is 5.75 Å². The van der Waals surface area contributed by atoms with Crippen molar-refractivity contribution in [1.82, 2.24) is 0 Å². The van der Waals surface area contributed by atoms with E-state index in [0.717, 1.165) is 12.2 Å². The molecule has 22 heavy (non-hydrogen) atoms. The summed E-state index contributed by atoms with van der Waals surface area (Å²) in [7, 11) is 0. The van der Waals surface area contributed by atoms with Gasteiger partial charge in [-0.05, 0) is 32.0 Å². The first-order valence-electron chi connectivity index (χ1n) is 6.63. The van der Waals surface area contributed by atoms with Gasteiger partial charge in [0.1, 0.15) is 5.75 Å². The molecule has 0 aliphatic carbocycles. The third-order valence-electron chi connectivity index (χ3n) is 2.42. The molecule has 0 bridgehead atoms. The van der Waals surface area contributed by atoms with Gasteiger partial charge in [-0.15, -0.1) is 0 Å². The van der Waals surface area contributed by atoms with Gasteiger partial charge in [0.25, 0.3) is 0 Å². The van der Waals surface area contributed by atoms with Gasteiger partial charge in [-0.3, -0.25) is 4.79 Å². The van der Waals surface area contributed by atoms with Crippen LogP contribution in [0.5, 0.6) is 5.75 Å². The zero-order valence-electron chi connectivity index (χ0n) is 12.3. The van der Waals surface area contributed by atoms with Crippen molar-refractivity contribution in [2.45, 2.75) is 13.8 Å². The standard InChI is InChI=1S/C15H17NO6/c1-3-21-14(19)8-7-13(18)16-11-9-10(5-6-12(11)17)15(20)22-4-2/h5-9,17H,3-4H2,1-2H3,(H,16,18)/b8-7+. The van der Waals surface area contributed by atoms with Gasteiger partial charge >= 0.3 is 11.9 Å². The predicted molar refractivity (Wildman–Crippen MR) is 78.5 cm³/mol. The van der Waals surface area contributed by atoms with Gasteiger partial charge < -0.3 is 19.9 Å². The fourth-order valence-corrected chi connectivity index (χ4v) is 1.49. The summed E-state index contributed by atoms with van der Waals surface area (Å²) in [6.45, 7) is 3.72. The molecule has 0 aromatic heterocycles. The zero-order chi connectivity index (χ0) is 16.5. The van der Waals surface area contributed by atoms with Gasteiger partial charge in [-0.25, -0.2) is 9.59 Å². The second kappa shape index (κ2) is 8.46. The van der Waals surface area contributed by atoms with E-state index in [4.69, 9.17) is 4.74 Å². The van der Waals surface area contributed by atoms with E-state index >= 15 is 0 Å². The summed E-state index contributed by atoms with van der Waals surface area (Å²) in [5.41, 5.74) is 0.216. The van der Waals surface area contributed by atoms with Crippen LogP contribution in [0.25, 0.3) is 0 Å². The first kappa shape index (κ1) is 17.2. The van der Waals surface area contributed by atoms with Crippen molar-refractivity contribution in [2.75, 3.05) is 18.5 Å². The maximum atomic E-state index is 11.6. The van der Waals surface area contributed by atoms with Gasteiger partial charge in [-0.1, -0.05) is 0 Å². The normalized spacial score (nSPS) is 10.3. The van der Waals surface area contributed by atoms with Crippen LogP contribution in [0.4, 0.5) is 5.69 Å². The SMILES string of the molecule is CCOC(=O)/C=C/C(=O)Nc1cc(C(=O)OCC)ccc1O. The maximum Gasteiger partial charge on any atom is 0.338 e. The number of carbonyl (C=O) groups excluding carboxylic acids is 3. The molecular formula is C15H17NO6. The summed E-state index contributed by atoms with van der Waals surface area (Å²) in [6.07, 6.45) is 1.93. The molecule has 0 aliphatic heterocycles. The topological polar surface area (TPSA) is 102 Å². The number of rotatable bonds is 6. The van der Waals surface area contributed by atoms with Crippen LogP contribution in [-0.2, 0) is 19.1 Å². The minimum atomic E-state index is -0.651. The van der Waals surface area contributed by atoms with Gasteiger partial charge in [0, 0.05) is 12.2 Å². The number of aromatic hydroxyl groups is 1. The van der Waals surface area contributed by atoms with Crippen molar-refractivity contribution in [3.05, 3.63) is 35.9 Å². The summed E-state index contributed by atoms with van der Waals surface area (Å²) < 4.78 is 9.45. The number of nitrogens with one attached hydrogen (secondary N) is 1. The third-order valence-corrected chi connectivity index (χ3v) is 2.42. The molecule has 1 aromatic carbocycles. The summed E-state index contributed by atoms with van der Waals surface area (Å²) in [5.74, 6) is -2.09. The lowest BCUT2D eigenvalue weighted by Crippen LogP contribution is -2.11. The largest absolute Gasteiger partial charge is 0.506 e. The van der Waals surface area contributed by atoms with Crippen molar-refractivity contribution in [2.24, 2.45) is 0 Å². The number of amides is 1. The van der Waals surface area contributed by atoms with E-state index in [1.807, 2.05) is 0 Å². The number of phenolic OH excluding ortho intramolecular Hbond substituents is 1. The number of phenols is 1. The Morgan fingerprint density at radius 1 is 1.14 bits per heavy atom. The second-order valence-corrected chi connectivity index (χ2v) is 4.03.